The van der Waals surface area contributed by atoms with Crippen molar-refractivity contribution >= 4 is 0 Å². The van der Waals surface area contributed by atoms with Crippen LogP contribution in [0, 0.1) is 12.7 Å². The Morgan fingerprint density at radius 3 is 2.83 bits per heavy atom. The molecule has 1 aromatic rings. The molecule has 1 aromatic carbocycles. The Morgan fingerprint density at radius 1 is 1.58 bits per heavy atom. The van der Waals surface area contributed by atoms with Crippen molar-refractivity contribution < 1.29 is 14.3 Å². The number of hydrogen-bond acceptors (Lipinski definition) is 3. The first kappa shape index (κ1) is 8.96. The summed E-state index contributed by atoms with van der Waals surface area (Å²) in [7, 11) is 0. The van der Waals surface area contributed by atoms with E-state index in [0.717, 1.165) is 5.56 Å². The van der Waals surface area contributed by atoms with E-state index in [2.05, 4.69) is 4.84 Å². The molecule has 0 spiro atoms. The molecular weight excluding hydrogens is 161 g/mol. The zero-order chi connectivity index (χ0) is 9.14. The first-order chi connectivity index (χ1) is 5.65. The van der Waals surface area contributed by atoms with Gasteiger partial charge in [-0.05, 0) is 18.6 Å². The van der Waals surface area contributed by atoms with Gasteiger partial charge in [-0.3, -0.25) is 4.84 Å². The molecule has 0 radical (unpaired) electrons. The second-order valence-electron chi connectivity index (χ2n) is 2.57. The SMILES string of the molecule is Cc1cc(O)c(F)c(CON)c1. The molecule has 0 saturated heterocycles. The highest BCUT2D eigenvalue weighted by Crippen LogP contribution is 2.21. The van der Waals surface area contributed by atoms with E-state index in [9.17, 15) is 4.39 Å². The van der Waals surface area contributed by atoms with E-state index in [-0.39, 0.29) is 17.9 Å². The highest BCUT2D eigenvalue weighted by Gasteiger charge is 2.07. The van der Waals surface area contributed by atoms with Crippen molar-refractivity contribution in [2.24, 2.45) is 5.90 Å². The largest absolute Gasteiger partial charge is 0.505 e. The summed E-state index contributed by atoms with van der Waals surface area (Å²) in [6.07, 6.45) is 0. The molecule has 0 saturated carbocycles. The number of benzene rings is 1. The summed E-state index contributed by atoms with van der Waals surface area (Å²) in [4.78, 5) is 4.27. The van der Waals surface area contributed by atoms with Crippen LogP contribution >= 0.6 is 0 Å². The summed E-state index contributed by atoms with van der Waals surface area (Å²) < 4.78 is 13.0. The first-order valence-corrected chi connectivity index (χ1v) is 3.45. The lowest BCUT2D eigenvalue weighted by molar-refractivity contribution is 0.121. The Balaban J connectivity index is 3.09. The van der Waals surface area contributed by atoms with E-state index in [1.807, 2.05) is 0 Å². The molecule has 0 bridgehead atoms. The third-order valence-electron chi connectivity index (χ3n) is 1.51. The van der Waals surface area contributed by atoms with Crippen LogP contribution in [0.3, 0.4) is 0 Å². The predicted octanol–water partition coefficient (Wildman–Crippen LogP) is 1.23. The van der Waals surface area contributed by atoms with Crippen molar-refractivity contribution in [1.29, 1.82) is 0 Å². The zero-order valence-electron chi connectivity index (χ0n) is 6.67. The standard InChI is InChI=1S/C8H10FNO2/c1-5-2-6(4-12-10)8(9)7(11)3-5/h2-3,11H,4,10H2,1H3. The lowest BCUT2D eigenvalue weighted by atomic mass is 10.1. The summed E-state index contributed by atoms with van der Waals surface area (Å²) in [6.45, 7) is 1.71. The van der Waals surface area contributed by atoms with Crippen LogP contribution in [0.25, 0.3) is 0 Å². The van der Waals surface area contributed by atoms with Crippen molar-refractivity contribution in [3.63, 3.8) is 0 Å². The van der Waals surface area contributed by atoms with Crippen LogP contribution in [0.15, 0.2) is 12.1 Å². The molecule has 4 heteroatoms. The Labute approximate surface area is 69.5 Å². The number of nitrogens with two attached hydrogens (primary N) is 1. The van der Waals surface area contributed by atoms with E-state index in [4.69, 9.17) is 11.0 Å². The van der Waals surface area contributed by atoms with Crippen molar-refractivity contribution in [3.05, 3.63) is 29.1 Å². The Bertz CT molecular complexity index is 289. The van der Waals surface area contributed by atoms with Gasteiger partial charge in [0.05, 0.1) is 6.61 Å². The Kier molecular flexibility index (Phi) is 2.62. The maximum atomic E-state index is 13.0. The average Bonchev–Trinajstić information content (AvgIpc) is 2.00. The van der Waals surface area contributed by atoms with Crippen LogP contribution < -0.4 is 5.90 Å². The number of phenolic OH excluding ortho intramolecular Hbond substituents is 1. The van der Waals surface area contributed by atoms with Gasteiger partial charge in [0, 0.05) is 5.56 Å². The third kappa shape index (κ3) is 1.72. The van der Waals surface area contributed by atoms with Gasteiger partial charge in [0.1, 0.15) is 0 Å². The van der Waals surface area contributed by atoms with E-state index in [0.29, 0.717) is 0 Å². The van der Waals surface area contributed by atoms with Crippen molar-refractivity contribution in [3.8, 4) is 5.75 Å². The van der Waals surface area contributed by atoms with Gasteiger partial charge in [0.15, 0.2) is 11.6 Å². The molecule has 0 heterocycles. The number of aromatic hydroxyl groups is 1. The van der Waals surface area contributed by atoms with Gasteiger partial charge >= 0.3 is 0 Å². The molecule has 12 heavy (non-hydrogen) atoms. The quantitative estimate of drug-likeness (QED) is 0.658. The van der Waals surface area contributed by atoms with Crippen LogP contribution in [-0.4, -0.2) is 5.11 Å². The van der Waals surface area contributed by atoms with Crippen molar-refractivity contribution in [2.75, 3.05) is 0 Å². The summed E-state index contributed by atoms with van der Waals surface area (Å²) in [5.74, 6) is 3.73. The molecule has 3 nitrogen and oxygen atoms in total. The molecule has 0 amide bonds. The van der Waals surface area contributed by atoms with E-state index in [1.54, 1.807) is 13.0 Å². The van der Waals surface area contributed by atoms with Gasteiger partial charge in [-0.2, -0.15) is 0 Å². The predicted molar refractivity (Wildman–Crippen MR) is 41.8 cm³/mol. The lowest BCUT2D eigenvalue weighted by Gasteiger charge is -2.04. The molecule has 66 valence electrons. The maximum Gasteiger partial charge on any atom is 0.170 e. The number of phenols is 1. The second kappa shape index (κ2) is 3.51. The molecular formula is C8H10FNO2. The van der Waals surface area contributed by atoms with E-state index < -0.39 is 5.82 Å². The Hall–Kier alpha value is -1.13. The van der Waals surface area contributed by atoms with Crippen molar-refractivity contribution in [2.45, 2.75) is 13.5 Å². The topological polar surface area (TPSA) is 55.5 Å². The molecule has 0 atom stereocenters. The van der Waals surface area contributed by atoms with Crippen LogP contribution in [0.1, 0.15) is 11.1 Å². The minimum Gasteiger partial charge on any atom is -0.505 e. The van der Waals surface area contributed by atoms with Crippen LogP contribution in [0.4, 0.5) is 4.39 Å². The average molecular weight is 171 g/mol. The van der Waals surface area contributed by atoms with Gasteiger partial charge in [-0.1, -0.05) is 6.07 Å². The number of rotatable bonds is 2. The molecule has 0 fully saturated rings. The first-order valence-electron chi connectivity index (χ1n) is 3.45. The second-order valence-corrected chi connectivity index (χ2v) is 2.57. The van der Waals surface area contributed by atoms with Gasteiger partial charge in [0.25, 0.3) is 0 Å². The maximum absolute atomic E-state index is 13.0. The summed E-state index contributed by atoms with van der Waals surface area (Å²) >= 11 is 0. The van der Waals surface area contributed by atoms with E-state index in [1.165, 1.54) is 6.07 Å². The monoisotopic (exact) mass is 171 g/mol. The van der Waals surface area contributed by atoms with Crippen LogP contribution in [-0.2, 0) is 11.4 Å². The number of halogens is 1. The normalized spacial score (nSPS) is 10.2. The minimum absolute atomic E-state index is 0.0406. The fourth-order valence-corrected chi connectivity index (χ4v) is 1.02. The van der Waals surface area contributed by atoms with Gasteiger partial charge < -0.3 is 5.11 Å². The van der Waals surface area contributed by atoms with E-state index >= 15 is 0 Å². The fraction of sp³-hybridized carbons (Fsp3) is 0.250. The summed E-state index contributed by atoms with van der Waals surface area (Å²) in [5.41, 5.74) is 1.02. The molecule has 0 aliphatic heterocycles. The fourth-order valence-electron chi connectivity index (χ4n) is 1.02. The molecule has 1 rings (SSSR count). The third-order valence-corrected chi connectivity index (χ3v) is 1.51. The molecule has 0 aromatic heterocycles. The molecule has 0 unspecified atom stereocenters. The highest BCUT2D eigenvalue weighted by molar-refractivity contribution is 5.34. The molecule has 0 aliphatic carbocycles. The van der Waals surface area contributed by atoms with Gasteiger partial charge in [-0.15, -0.1) is 0 Å². The smallest absolute Gasteiger partial charge is 0.170 e. The van der Waals surface area contributed by atoms with Crippen molar-refractivity contribution in [1.82, 2.24) is 0 Å². The van der Waals surface area contributed by atoms with Gasteiger partial charge in [-0.25, -0.2) is 10.3 Å². The highest BCUT2D eigenvalue weighted by atomic mass is 19.1. The Morgan fingerprint density at radius 2 is 2.25 bits per heavy atom. The zero-order valence-corrected chi connectivity index (χ0v) is 6.67. The van der Waals surface area contributed by atoms with Crippen LogP contribution in [0.5, 0.6) is 5.75 Å². The molecule has 0 aliphatic rings. The van der Waals surface area contributed by atoms with Gasteiger partial charge in [0.2, 0.25) is 0 Å². The molecule has 3 N–H and O–H groups in total. The summed E-state index contributed by atoms with van der Waals surface area (Å²) in [6, 6.07) is 2.91. The number of hydrogen-bond donors (Lipinski definition) is 2. The number of aryl methyl sites for hydroxylation is 1. The summed E-state index contributed by atoms with van der Waals surface area (Å²) in [5, 5.41) is 9.04. The van der Waals surface area contributed by atoms with Crippen LogP contribution in [0.2, 0.25) is 0 Å². The minimum atomic E-state index is -0.675. The lowest BCUT2D eigenvalue weighted by Crippen LogP contribution is -2.01.